The standard InChI is InChI=1S/C26H20F3N3O3/c1-3-35-26(34)21-14-23(32(31-21)22-10-5-4-7-15(22)2)16-8-6-9-18(11-16)30-25(33)19-12-17(27)13-20(28)24(19)29/h4-14H,3H2,1-2H3,(H,30,33). The molecule has 0 atom stereocenters. The first kappa shape index (κ1) is 23.7. The fraction of sp³-hybridized carbons (Fsp3) is 0.115. The van der Waals surface area contributed by atoms with Crippen LogP contribution in [0.15, 0.2) is 66.7 Å². The van der Waals surface area contributed by atoms with E-state index in [1.807, 2.05) is 31.2 Å². The lowest BCUT2D eigenvalue weighted by Crippen LogP contribution is -2.15. The first-order valence-electron chi connectivity index (χ1n) is 10.7. The molecule has 9 heteroatoms. The highest BCUT2D eigenvalue weighted by Crippen LogP contribution is 2.28. The number of anilines is 1. The van der Waals surface area contributed by atoms with Crippen molar-refractivity contribution in [3.63, 3.8) is 0 Å². The minimum absolute atomic E-state index is 0.0943. The Morgan fingerprint density at radius 2 is 1.77 bits per heavy atom. The Morgan fingerprint density at radius 3 is 2.51 bits per heavy atom. The summed E-state index contributed by atoms with van der Waals surface area (Å²) in [6.45, 7) is 3.77. The maximum Gasteiger partial charge on any atom is 0.358 e. The number of aromatic nitrogens is 2. The van der Waals surface area contributed by atoms with Gasteiger partial charge in [0.25, 0.3) is 5.91 Å². The third-order valence-corrected chi connectivity index (χ3v) is 5.19. The maximum absolute atomic E-state index is 14.0. The van der Waals surface area contributed by atoms with Crippen LogP contribution in [-0.4, -0.2) is 28.3 Å². The van der Waals surface area contributed by atoms with E-state index < -0.39 is 34.9 Å². The first-order chi connectivity index (χ1) is 16.8. The highest BCUT2D eigenvalue weighted by molar-refractivity contribution is 6.04. The van der Waals surface area contributed by atoms with Crippen LogP contribution in [0.25, 0.3) is 16.9 Å². The lowest BCUT2D eigenvalue weighted by molar-refractivity contribution is 0.0518. The summed E-state index contributed by atoms with van der Waals surface area (Å²) in [5, 5.41) is 6.88. The molecule has 0 spiro atoms. The Balaban J connectivity index is 1.74. The highest BCUT2D eigenvalue weighted by Gasteiger charge is 2.20. The van der Waals surface area contributed by atoms with Crippen molar-refractivity contribution in [3.8, 4) is 16.9 Å². The van der Waals surface area contributed by atoms with Gasteiger partial charge >= 0.3 is 5.97 Å². The average Bonchev–Trinajstić information content (AvgIpc) is 3.27. The monoisotopic (exact) mass is 479 g/mol. The Labute approximate surface area is 199 Å². The van der Waals surface area contributed by atoms with Crippen molar-refractivity contribution in [1.82, 2.24) is 9.78 Å². The molecule has 0 saturated heterocycles. The van der Waals surface area contributed by atoms with Crippen molar-refractivity contribution in [2.45, 2.75) is 13.8 Å². The van der Waals surface area contributed by atoms with Gasteiger partial charge in [-0.3, -0.25) is 4.79 Å². The summed E-state index contributed by atoms with van der Waals surface area (Å²) < 4.78 is 47.8. The predicted octanol–water partition coefficient (Wildman–Crippen LogP) is 5.69. The maximum atomic E-state index is 14.0. The van der Waals surface area contributed by atoms with Crippen molar-refractivity contribution in [2.75, 3.05) is 11.9 Å². The molecule has 35 heavy (non-hydrogen) atoms. The summed E-state index contributed by atoms with van der Waals surface area (Å²) in [4.78, 5) is 24.9. The molecule has 4 rings (SSSR count). The van der Waals surface area contributed by atoms with Crippen LogP contribution in [0.4, 0.5) is 18.9 Å². The number of rotatable bonds is 6. The molecule has 1 amide bonds. The quantitative estimate of drug-likeness (QED) is 0.285. The van der Waals surface area contributed by atoms with E-state index >= 15 is 0 Å². The van der Waals surface area contributed by atoms with Gasteiger partial charge in [-0.1, -0.05) is 30.3 Å². The number of nitrogens with one attached hydrogen (secondary N) is 1. The van der Waals surface area contributed by atoms with Gasteiger partial charge in [-0.2, -0.15) is 5.10 Å². The fourth-order valence-electron chi connectivity index (χ4n) is 3.55. The molecule has 0 aliphatic carbocycles. The number of benzene rings is 3. The van der Waals surface area contributed by atoms with Crippen LogP contribution in [0.2, 0.25) is 0 Å². The summed E-state index contributed by atoms with van der Waals surface area (Å²) in [6.07, 6.45) is 0. The normalized spacial score (nSPS) is 10.8. The summed E-state index contributed by atoms with van der Waals surface area (Å²) in [7, 11) is 0. The van der Waals surface area contributed by atoms with Gasteiger partial charge in [-0.15, -0.1) is 0 Å². The number of aryl methyl sites for hydroxylation is 1. The number of esters is 1. The van der Waals surface area contributed by atoms with Crippen LogP contribution >= 0.6 is 0 Å². The molecule has 4 aromatic rings. The van der Waals surface area contributed by atoms with Crippen LogP contribution in [0, 0.1) is 24.4 Å². The molecule has 0 saturated carbocycles. The van der Waals surface area contributed by atoms with Crippen molar-refractivity contribution in [2.24, 2.45) is 0 Å². The largest absolute Gasteiger partial charge is 0.461 e. The number of para-hydroxylation sites is 1. The minimum Gasteiger partial charge on any atom is -0.461 e. The number of carbonyl (C=O) groups is 2. The van der Waals surface area contributed by atoms with Gasteiger partial charge in [0.15, 0.2) is 17.3 Å². The van der Waals surface area contributed by atoms with E-state index in [1.165, 1.54) is 6.07 Å². The Kier molecular flexibility index (Phi) is 6.68. The number of hydrogen-bond acceptors (Lipinski definition) is 4. The molecule has 1 aromatic heterocycles. The summed E-state index contributed by atoms with van der Waals surface area (Å²) in [5.41, 5.74) is 2.30. The number of amides is 1. The van der Waals surface area contributed by atoms with Crippen molar-refractivity contribution in [3.05, 3.63) is 101 Å². The van der Waals surface area contributed by atoms with Crippen molar-refractivity contribution in [1.29, 1.82) is 0 Å². The number of nitrogens with zero attached hydrogens (tertiary/aromatic N) is 2. The highest BCUT2D eigenvalue weighted by atomic mass is 19.2. The summed E-state index contributed by atoms with van der Waals surface area (Å²) in [6, 6.07) is 16.5. The zero-order valence-corrected chi connectivity index (χ0v) is 18.8. The van der Waals surface area contributed by atoms with Gasteiger partial charge in [0.2, 0.25) is 0 Å². The van der Waals surface area contributed by atoms with E-state index in [1.54, 1.807) is 35.9 Å². The van der Waals surface area contributed by atoms with Crippen LogP contribution in [0.1, 0.15) is 33.3 Å². The molecule has 0 bridgehead atoms. The third kappa shape index (κ3) is 4.93. The number of carbonyl (C=O) groups excluding carboxylic acids is 2. The summed E-state index contributed by atoms with van der Waals surface area (Å²) >= 11 is 0. The van der Waals surface area contributed by atoms with Gasteiger partial charge in [-0.05, 0) is 49.7 Å². The molecule has 1 N–H and O–H groups in total. The van der Waals surface area contributed by atoms with Gasteiger partial charge in [0.1, 0.15) is 5.82 Å². The van der Waals surface area contributed by atoms with E-state index in [2.05, 4.69) is 10.4 Å². The smallest absolute Gasteiger partial charge is 0.358 e. The Morgan fingerprint density at radius 1 is 1.00 bits per heavy atom. The lowest BCUT2D eigenvalue weighted by Gasteiger charge is -2.12. The zero-order chi connectivity index (χ0) is 25.1. The van der Waals surface area contributed by atoms with Gasteiger partial charge < -0.3 is 10.1 Å². The molecule has 0 radical (unpaired) electrons. The average molecular weight is 479 g/mol. The Hall–Kier alpha value is -4.40. The molecule has 0 aliphatic heterocycles. The van der Waals surface area contributed by atoms with E-state index in [0.717, 1.165) is 11.3 Å². The third-order valence-electron chi connectivity index (χ3n) is 5.19. The van der Waals surface area contributed by atoms with E-state index in [4.69, 9.17) is 4.74 Å². The van der Waals surface area contributed by atoms with Crippen LogP contribution in [-0.2, 0) is 4.74 Å². The molecular weight excluding hydrogens is 459 g/mol. The van der Waals surface area contributed by atoms with Crippen LogP contribution in [0.5, 0.6) is 0 Å². The lowest BCUT2D eigenvalue weighted by atomic mass is 10.1. The van der Waals surface area contributed by atoms with Gasteiger partial charge in [-0.25, -0.2) is 22.6 Å². The van der Waals surface area contributed by atoms with Gasteiger partial charge in [0.05, 0.1) is 23.6 Å². The van der Waals surface area contributed by atoms with Crippen molar-refractivity contribution < 1.29 is 27.5 Å². The van der Waals surface area contributed by atoms with Crippen LogP contribution < -0.4 is 5.32 Å². The number of hydrogen-bond donors (Lipinski definition) is 1. The molecule has 3 aromatic carbocycles. The summed E-state index contributed by atoms with van der Waals surface area (Å²) in [5.74, 6) is -5.59. The topological polar surface area (TPSA) is 73.2 Å². The van der Waals surface area contributed by atoms with E-state index in [9.17, 15) is 22.8 Å². The molecular formula is C26H20F3N3O3. The second-order valence-corrected chi connectivity index (χ2v) is 7.62. The molecule has 0 aliphatic rings. The fourth-order valence-corrected chi connectivity index (χ4v) is 3.55. The van der Waals surface area contributed by atoms with E-state index in [0.29, 0.717) is 23.4 Å². The number of ether oxygens (including phenoxy) is 1. The van der Waals surface area contributed by atoms with Crippen LogP contribution in [0.3, 0.4) is 0 Å². The van der Waals surface area contributed by atoms with E-state index in [-0.39, 0.29) is 18.0 Å². The molecule has 6 nitrogen and oxygen atoms in total. The number of halogens is 3. The molecule has 0 fully saturated rings. The SMILES string of the molecule is CCOC(=O)c1cc(-c2cccc(NC(=O)c3cc(F)cc(F)c3F)c2)n(-c2ccccc2C)n1. The molecule has 0 unspecified atom stereocenters. The first-order valence-corrected chi connectivity index (χ1v) is 10.7. The molecule has 1 heterocycles. The minimum atomic E-state index is -1.46. The second-order valence-electron chi connectivity index (χ2n) is 7.62. The second kappa shape index (κ2) is 9.84. The Bertz CT molecular complexity index is 1430. The van der Waals surface area contributed by atoms with Gasteiger partial charge in [0, 0.05) is 17.3 Å². The predicted molar refractivity (Wildman–Crippen MR) is 124 cm³/mol. The molecule has 178 valence electrons. The van der Waals surface area contributed by atoms with Crippen molar-refractivity contribution >= 4 is 17.6 Å². The zero-order valence-electron chi connectivity index (χ0n) is 18.8.